The third kappa shape index (κ3) is 3.32. The number of piperidine rings is 1. The van der Waals surface area contributed by atoms with Crippen molar-refractivity contribution in [3.8, 4) is 0 Å². The van der Waals surface area contributed by atoms with Crippen LogP contribution in [0.5, 0.6) is 0 Å². The van der Waals surface area contributed by atoms with E-state index in [2.05, 4.69) is 10.5 Å². The van der Waals surface area contributed by atoms with E-state index in [0.29, 0.717) is 5.69 Å². The molecule has 1 aromatic heterocycles. The molecule has 2 unspecified atom stereocenters. The van der Waals surface area contributed by atoms with Gasteiger partial charge in [-0.3, -0.25) is 10.2 Å². The molecule has 0 saturated carbocycles. The lowest BCUT2D eigenvalue weighted by molar-refractivity contribution is 0.0743. The minimum atomic E-state index is -0.995. The molecular formula is C16H20Cl2N4O. The van der Waals surface area contributed by atoms with Crippen molar-refractivity contribution >= 4 is 29.1 Å². The number of carbonyl (C=O) groups is 1. The van der Waals surface area contributed by atoms with E-state index in [9.17, 15) is 4.79 Å². The molecule has 1 aliphatic carbocycles. The minimum absolute atomic E-state index is 0.204. The zero-order valence-electron chi connectivity index (χ0n) is 13.0. The van der Waals surface area contributed by atoms with Crippen molar-refractivity contribution in [3.05, 3.63) is 41.8 Å². The fourth-order valence-corrected chi connectivity index (χ4v) is 3.33. The molecule has 1 aromatic rings. The van der Waals surface area contributed by atoms with Gasteiger partial charge in [-0.25, -0.2) is 9.69 Å². The normalized spacial score (nSPS) is 28.0. The second-order valence-electron chi connectivity index (χ2n) is 5.97. The molecule has 2 aliphatic rings. The average molecular weight is 355 g/mol. The summed E-state index contributed by atoms with van der Waals surface area (Å²) >= 11 is 12.9. The first-order valence-electron chi connectivity index (χ1n) is 7.82. The van der Waals surface area contributed by atoms with Crippen LogP contribution in [0.2, 0.25) is 0 Å². The Morgan fingerprint density at radius 1 is 1.35 bits per heavy atom. The monoisotopic (exact) mass is 354 g/mol. The summed E-state index contributed by atoms with van der Waals surface area (Å²) in [6.45, 7) is 3.60. The van der Waals surface area contributed by atoms with E-state index in [0.717, 1.165) is 31.5 Å². The highest BCUT2D eigenvalue weighted by molar-refractivity contribution is 6.32. The molecule has 1 N–H and O–H groups in total. The van der Waals surface area contributed by atoms with E-state index in [-0.39, 0.29) is 5.91 Å². The number of halogens is 2. The Labute approximate surface area is 145 Å². The lowest BCUT2D eigenvalue weighted by Gasteiger charge is -2.29. The van der Waals surface area contributed by atoms with E-state index in [1.165, 1.54) is 6.42 Å². The van der Waals surface area contributed by atoms with Crippen LogP contribution in [0.1, 0.15) is 35.3 Å². The number of nitrogens with zero attached hydrogens (tertiary/aromatic N) is 3. The molecule has 5 nitrogen and oxygen atoms in total. The number of hydrazine groups is 1. The topological polar surface area (TPSA) is 50.2 Å². The Hall–Kier alpha value is -1.30. The van der Waals surface area contributed by atoms with Crippen LogP contribution in [0.4, 0.5) is 0 Å². The quantitative estimate of drug-likeness (QED) is 0.849. The van der Waals surface area contributed by atoms with Gasteiger partial charge < -0.3 is 0 Å². The van der Waals surface area contributed by atoms with Gasteiger partial charge in [0.05, 0.1) is 5.38 Å². The molecule has 3 rings (SSSR count). The first-order chi connectivity index (χ1) is 11.0. The zero-order chi connectivity index (χ0) is 16.4. The fourth-order valence-electron chi connectivity index (χ4n) is 2.84. The lowest BCUT2D eigenvalue weighted by atomic mass is 10.1. The van der Waals surface area contributed by atoms with Gasteiger partial charge >= 0.3 is 0 Å². The number of carbonyl (C=O) groups excluding carboxylic acids is 1. The molecule has 0 aromatic carbocycles. The first-order valence-corrected chi connectivity index (χ1v) is 8.64. The molecule has 0 bridgehead atoms. The van der Waals surface area contributed by atoms with Crippen molar-refractivity contribution in [1.82, 2.24) is 20.2 Å². The van der Waals surface area contributed by atoms with Gasteiger partial charge in [-0.2, -0.15) is 5.10 Å². The number of alkyl halides is 2. The van der Waals surface area contributed by atoms with Crippen molar-refractivity contribution in [2.45, 2.75) is 36.6 Å². The summed E-state index contributed by atoms with van der Waals surface area (Å²) in [5.41, 5.74) is 4.07. The van der Waals surface area contributed by atoms with Gasteiger partial charge in [0.2, 0.25) is 0 Å². The number of hydrogen-bond acceptors (Lipinski definition) is 3. The van der Waals surface area contributed by atoms with Crippen LogP contribution < -0.4 is 5.43 Å². The highest BCUT2D eigenvalue weighted by Gasteiger charge is 2.37. The van der Waals surface area contributed by atoms with Crippen molar-refractivity contribution in [3.63, 3.8) is 0 Å². The minimum Gasteiger partial charge on any atom is -0.283 e. The predicted octanol–water partition coefficient (Wildman–Crippen LogP) is 2.95. The number of allylic oxidation sites excluding steroid dienone is 4. The van der Waals surface area contributed by atoms with Gasteiger partial charge in [0, 0.05) is 24.8 Å². The maximum Gasteiger partial charge on any atom is 0.286 e. The summed E-state index contributed by atoms with van der Waals surface area (Å²) in [5.74, 6) is -0.204. The number of rotatable bonds is 3. The number of nitrogens with one attached hydrogen (secondary N) is 1. The third-order valence-corrected chi connectivity index (χ3v) is 5.31. The van der Waals surface area contributed by atoms with E-state index in [1.54, 1.807) is 23.0 Å². The highest BCUT2D eigenvalue weighted by Crippen LogP contribution is 2.35. The molecule has 1 saturated heterocycles. The summed E-state index contributed by atoms with van der Waals surface area (Å²) in [4.78, 5) is 11.5. The van der Waals surface area contributed by atoms with Crippen LogP contribution in [0.3, 0.4) is 0 Å². The summed E-state index contributed by atoms with van der Waals surface area (Å²) in [7, 11) is 0. The fraction of sp³-hybridized carbons (Fsp3) is 0.500. The molecule has 23 heavy (non-hydrogen) atoms. The van der Waals surface area contributed by atoms with Gasteiger partial charge in [0.1, 0.15) is 0 Å². The van der Waals surface area contributed by atoms with Crippen LogP contribution in [0, 0.1) is 6.92 Å². The first kappa shape index (κ1) is 16.6. The predicted molar refractivity (Wildman–Crippen MR) is 91.6 cm³/mol. The molecular weight excluding hydrogens is 335 g/mol. The van der Waals surface area contributed by atoms with Gasteiger partial charge in [0.25, 0.3) is 5.91 Å². The lowest BCUT2D eigenvalue weighted by Crippen LogP contribution is -2.45. The van der Waals surface area contributed by atoms with Crippen LogP contribution in [-0.4, -0.2) is 39.2 Å². The zero-order valence-corrected chi connectivity index (χ0v) is 14.5. The van der Waals surface area contributed by atoms with Crippen LogP contribution in [-0.2, 0) is 5.00 Å². The van der Waals surface area contributed by atoms with E-state index >= 15 is 0 Å². The summed E-state index contributed by atoms with van der Waals surface area (Å²) in [6, 6.07) is 0. The Morgan fingerprint density at radius 3 is 2.78 bits per heavy atom. The molecule has 7 heteroatoms. The molecule has 1 fully saturated rings. The number of aromatic nitrogens is 2. The van der Waals surface area contributed by atoms with E-state index < -0.39 is 10.4 Å². The number of aryl methyl sites for hydroxylation is 1. The standard InChI is InChI=1S/C16H20Cl2N4O/c1-12-11-22(16(18)8-4-3-7-13(16)17)19-14(12)15(23)20-21-9-5-2-6-10-21/h3-4,7-8,11,13H,2,5-6,9-10H2,1H3,(H,20,23). The maximum atomic E-state index is 12.5. The van der Waals surface area contributed by atoms with Crippen molar-refractivity contribution in [2.75, 3.05) is 13.1 Å². The molecule has 0 radical (unpaired) electrons. The molecule has 0 spiro atoms. The summed E-state index contributed by atoms with van der Waals surface area (Å²) in [6.07, 6.45) is 12.4. The Kier molecular flexibility index (Phi) is 4.80. The Morgan fingerprint density at radius 2 is 2.09 bits per heavy atom. The second kappa shape index (κ2) is 6.67. The van der Waals surface area contributed by atoms with Crippen molar-refractivity contribution < 1.29 is 4.79 Å². The highest BCUT2D eigenvalue weighted by atomic mass is 35.5. The van der Waals surface area contributed by atoms with Gasteiger partial charge in [-0.1, -0.05) is 36.2 Å². The van der Waals surface area contributed by atoms with Crippen LogP contribution >= 0.6 is 23.2 Å². The van der Waals surface area contributed by atoms with Gasteiger partial charge in [0.15, 0.2) is 10.7 Å². The van der Waals surface area contributed by atoms with Crippen molar-refractivity contribution in [2.24, 2.45) is 0 Å². The Bertz CT molecular complexity index is 649. The van der Waals surface area contributed by atoms with E-state index in [1.807, 2.05) is 24.1 Å². The smallest absolute Gasteiger partial charge is 0.283 e. The second-order valence-corrected chi connectivity index (χ2v) is 7.04. The van der Waals surface area contributed by atoms with E-state index in [4.69, 9.17) is 23.2 Å². The average Bonchev–Trinajstić information content (AvgIpc) is 2.94. The Balaban J connectivity index is 1.79. The van der Waals surface area contributed by atoms with Gasteiger partial charge in [-0.15, -0.1) is 11.6 Å². The number of amides is 1. The molecule has 1 aliphatic heterocycles. The number of hydrogen-bond donors (Lipinski definition) is 1. The summed E-state index contributed by atoms with van der Waals surface area (Å²) in [5, 5.41) is 5.91. The summed E-state index contributed by atoms with van der Waals surface area (Å²) < 4.78 is 1.56. The molecule has 1 amide bonds. The van der Waals surface area contributed by atoms with Crippen molar-refractivity contribution in [1.29, 1.82) is 0 Å². The molecule has 2 atom stereocenters. The molecule has 124 valence electrons. The van der Waals surface area contributed by atoms with Crippen LogP contribution in [0.15, 0.2) is 30.5 Å². The van der Waals surface area contributed by atoms with Gasteiger partial charge in [-0.05, 0) is 25.8 Å². The van der Waals surface area contributed by atoms with Crippen LogP contribution in [0.25, 0.3) is 0 Å². The molecule has 2 heterocycles. The SMILES string of the molecule is Cc1cn(C2(Cl)C=CC=CC2Cl)nc1C(=O)NN1CCCCC1. The largest absolute Gasteiger partial charge is 0.286 e. The third-order valence-electron chi connectivity index (χ3n) is 4.19. The maximum absolute atomic E-state index is 12.5.